The van der Waals surface area contributed by atoms with E-state index in [1.54, 1.807) is 0 Å². The number of nitro groups is 1. The van der Waals surface area contributed by atoms with E-state index in [1.807, 2.05) is 0 Å². The molecule has 0 atom stereocenters. The maximum Gasteiger partial charge on any atom is 0.339 e. The lowest BCUT2D eigenvalue weighted by atomic mass is 9.94. The Morgan fingerprint density at radius 1 is 1.52 bits per heavy atom. The molecule has 1 fully saturated rings. The molecule has 1 aromatic rings. The summed E-state index contributed by atoms with van der Waals surface area (Å²) in [5, 5.41) is 32.8. The van der Waals surface area contributed by atoms with Crippen LogP contribution in [0, 0.1) is 10.1 Å². The number of carboxylic acid groups (broad SMARTS) is 1. The van der Waals surface area contributed by atoms with Crippen molar-refractivity contribution in [1.29, 1.82) is 0 Å². The molecule has 114 valence electrons. The number of anilines is 1. The highest BCUT2D eigenvalue weighted by Gasteiger charge is 2.30. The van der Waals surface area contributed by atoms with E-state index in [2.05, 4.69) is 10.3 Å². The zero-order valence-electron chi connectivity index (χ0n) is 11.1. The molecular weight excluding hydrogens is 282 g/mol. The van der Waals surface area contributed by atoms with E-state index in [-0.39, 0.29) is 17.9 Å². The van der Waals surface area contributed by atoms with Crippen LogP contribution in [-0.4, -0.2) is 51.4 Å². The molecule has 0 aliphatic carbocycles. The third-order valence-corrected chi connectivity index (χ3v) is 3.32. The fourth-order valence-corrected chi connectivity index (χ4v) is 2.03. The van der Waals surface area contributed by atoms with Gasteiger partial charge in [0.15, 0.2) is 0 Å². The molecule has 0 unspecified atom stereocenters. The van der Waals surface area contributed by atoms with Gasteiger partial charge in [-0.3, -0.25) is 10.1 Å². The van der Waals surface area contributed by atoms with Crippen LogP contribution in [0.15, 0.2) is 12.3 Å². The molecule has 1 aromatic heterocycles. The molecule has 9 heteroatoms. The molecule has 0 saturated carbocycles. The molecule has 0 spiro atoms. The van der Waals surface area contributed by atoms with Crippen molar-refractivity contribution in [3.05, 3.63) is 27.9 Å². The molecule has 1 aliphatic heterocycles. The van der Waals surface area contributed by atoms with Gasteiger partial charge in [0.05, 0.1) is 10.5 Å². The quantitative estimate of drug-likeness (QED) is 0.532. The smallest absolute Gasteiger partial charge is 0.339 e. The third kappa shape index (κ3) is 3.64. The van der Waals surface area contributed by atoms with Crippen molar-refractivity contribution in [2.75, 3.05) is 25.1 Å². The highest BCUT2D eigenvalue weighted by molar-refractivity contribution is 5.93. The van der Waals surface area contributed by atoms with Gasteiger partial charge in [-0.25, -0.2) is 9.78 Å². The van der Waals surface area contributed by atoms with Crippen molar-refractivity contribution in [3.8, 4) is 0 Å². The number of pyridine rings is 1. The average molecular weight is 297 g/mol. The van der Waals surface area contributed by atoms with Crippen molar-refractivity contribution < 1.29 is 24.7 Å². The Balaban J connectivity index is 2.15. The number of carboxylic acids is 1. The van der Waals surface area contributed by atoms with E-state index in [4.69, 9.17) is 9.84 Å². The van der Waals surface area contributed by atoms with Gasteiger partial charge in [-0.2, -0.15) is 0 Å². The second-order valence-electron chi connectivity index (χ2n) is 4.84. The molecule has 1 aliphatic rings. The van der Waals surface area contributed by atoms with E-state index in [1.165, 1.54) is 0 Å². The van der Waals surface area contributed by atoms with E-state index in [9.17, 15) is 20.0 Å². The number of hydrogen-bond donors (Lipinski definition) is 3. The summed E-state index contributed by atoms with van der Waals surface area (Å²) in [5.41, 5.74) is -1.71. The predicted octanol–water partition coefficient (Wildman–Crippen LogP) is 0.641. The monoisotopic (exact) mass is 297 g/mol. The number of hydrogen-bond acceptors (Lipinski definition) is 7. The van der Waals surface area contributed by atoms with Crippen molar-refractivity contribution in [1.82, 2.24) is 4.98 Å². The Labute approximate surface area is 119 Å². The summed E-state index contributed by atoms with van der Waals surface area (Å²) in [6.07, 6.45) is 1.83. The third-order valence-electron chi connectivity index (χ3n) is 3.32. The first-order chi connectivity index (χ1) is 9.91. The first-order valence-corrected chi connectivity index (χ1v) is 6.33. The molecule has 0 amide bonds. The van der Waals surface area contributed by atoms with Gasteiger partial charge in [-0.1, -0.05) is 0 Å². The summed E-state index contributed by atoms with van der Waals surface area (Å²) in [6, 6.07) is 0.936. The van der Waals surface area contributed by atoms with Crippen LogP contribution in [0.4, 0.5) is 11.5 Å². The number of aromatic carboxylic acids is 1. The first kappa shape index (κ1) is 15.1. The van der Waals surface area contributed by atoms with Crippen molar-refractivity contribution >= 4 is 17.5 Å². The summed E-state index contributed by atoms with van der Waals surface area (Å²) in [5.74, 6) is -1.33. The van der Waals surface area contributed by atoms with Crippen LogP contribution in [-0.2, 0) is 4.74 Å². The average Bonchev–Trinajstić information content (AvgIpc) is 2.45. The fraction of sp³-hybridized carbons (Fsp3) is 0.500. The predicted molar refractivity (Wildman–Crippen MR) is 71.3 cm³/mol. The number of rotatable bonds is 5. The minimum Gasteiger partial charge on any atom is -0.478 e. The summed E-state index contributed by atoms with van der Waals surface area (Å²) >= 11 is 0. The fourth-order valence-electron chi connectivity index (χ4n) is 2.03. The van der Waals surface area contributed by atoms with E-state index >= 15 is 0 Å². The maximum absolute atomic E-state index is 11.1. The summed E-state index contributed by atoms with van der Waals surface area (Å²) in [6.45, 7) is 0.955. The van der Waals surface area contributed by atoms with Crippen LogP contribution >= 0.6 is 0 Å². The van der Waals surface area contributed by atoms with Gasteiger partial charge in [0.1, 0.15) is 17.6 Å². The highest BCUT2D eigenvalue weighted by Crippen LogP contribution is 2.23. The second kappa shape index (κ2) is 6.02. The molecule has 2 heterocycles. The number of aliphatic hydroxyl groups is 1. The number of ether oxygens (including phenoxy) is 1. The molecular formula is C12H15N3O6. The van der Waals surface area contributed by atoms with Gasteiger partial charge in [-0.05, 0) is 0 Å². The first-order valence-electron chi connectivity index (χ1n) is 6.33. The van der Waals surface area contributed by atoms with Gasteiger partial charge >= 0.3 is 5.97 Å². The lowest BCUT2D eigenvalue weighted by Crippen LogP contribution is -2.42. The number of nitrogens with zero attached hydrogens (tertiary/aromatic N) is 2. The highest BCUT2D eigenvalue weighted by atomic mass is 16.6. The number of nitrogens with one attached hydrogen (secondary N) is 1. The topological polar surface area (TPSA) is 135 Å². The number of aromatic nitrogens is 1. The van der Waals surface area contributed by atoms with Crippen LogP contribution in [0.5, 0.6) is 0 Å². The maximum atomic E-state index is 11.1. The Morgan fingerprint density at radius 2 is 2.19 bits per heavy atom. The molecule has 1 saturated heterocycles. The van der Waals surface area contributed by atoms with Gasteiger partial charge in [0.2, 0.25) is 0 Å². The Bertz CT molecular complexity index is 556. The minimum absolute atomic E-state index is 0.00647. The van der Waals surface area contributed by atoms with Crippen LogP contribution in [0.3, 0.4) is 0 Å². The molecule has 0 radical (unpaired) electrons. The van der Waals surface area contributed by atoms with Gasteiger partial charge in [-0.15, -0.1) is 0 Å². The van der Waals surface area contributed by atoms with Gasteiger partial charge in [0, 0.05) is 38.7 Å². The molecule has 21 heavy (non-hydrogen) atoms. The van der Waals surface area contributed by atoms with Gasteiger partial charge < -0.3 is 20.3 Å². The Hall–Kier alpha value is -2.26. The summed E-state index contributed by atoms with van der Waals surface area (Å²) in [4.78, 5) is 24.8. The van der Waals surface area contributed by atoms with E-state index < -0.39 is 22.2 Å². The Morgan fingerprint density at radius 3 is 2.76 bits per heavy atom. The van der Waals surface area contributed by atoms with Crippen molar-refractivity contribution in [2.45, 2.75) is 18.4 Å². The summed E-state index contributed by atoms with van der Waals surface area (Å²) < 4.78 is 5.15. The van der Waals surface area contributed by atoms with Crippen molar-refractivity contribution in [2.24, 2.45) is 0 Å². The van der Waals surface area contributed by atoms with Crippen molar-refractivity contribution in [3.63, 3.8) is 0 Å². The molecule has 2 rings (SSSR count). The Kier molecular flexibility index (Phi) is 4.34. The minimum atomic E-state index is -1.33. The molecule has 0 aromatic carbocycles. The standard InChI is InChI=1S/C12H15N3O6/c16-11(17)9-5-8(15(19)20)6-13-10(9)14-7-12(18)1-3-21-4-2-12/h5-6,18H,1-4,7H2,(H,13,14)(H,16,17). The zero-order chi connectivity index (χ0) is 15.5. The van der Waals surface area contributed by atoms with Crippen LogP contribution in [0.1, 0.15) is 23.2 Å². The lowest BCUT2D eigenvalue weighted by Gasteiger charge is -2.32. The van der Waals surface area contributed by atoms with E-state index in [0.29, 0.717) is 26.1 Å². The lowest BCUT2D eigenvalue weighted by molar-refractivity contribution is -0.385. The SMILES string of the molecule is O=C(O)c1cc([N+](=O)[O-])cnc1NCC1(O)CCOCC1. The van der Waals surface area contributed by atoms with Crippen LogP contribution < -0.4 is 5.32 Å². The number of carbonyl (C=O) groups is 1. The van der Waals surface area contributed by atoms with Crippen LogP contribution in [0.2, 0.25) is 0 Å². The van der Waals surface area contributed by atoms with E-state index in [0.717, 1.165) is 12.3 Å². The summed E-state index contributed by atoms with van der Waals surface area (Å²) in [7, 11) is 0. The molecule has 3 N–H and O–H groups in total. The van der Waals surface area contributed by atoms with Gasteiger partial charge in [0.25, 0.3) is 5.69 Å². The van der Waals surface area contributed by atoms with Crippen LogP contribution in [0.25, 0.3) is 0 Å². The largest absolute Gasteiger partial charge is 0.478 e. The molecule has 0 bridgehead atoms. The normalized spacial score (nSPS) is 17.2. The zero-order valence-corrected chi connectivity index (χ0v) is 11.1. The molecule has 9 nitrogen and oxygen atoms in total. The second-order valence-corrected chi connectivity index (χ2v) is 4.84.